The van der Waals surface area contributed by atoms with Gasteiger partial charge in [0.2, 0.25) is 0 Å². The Morgan fingerprint density at radius 3 is 2.11 bits per heavy atom. The monoisotopic (exact) mass is 479 g/mol. The average Bonchev–Trinajstić information content (AvgIpc) is 3.23. The zero-order valence-corrected chi connectivity index (χ0v) is 21.8. The largest absolute Gasteiger partial charge is 0.497 e. The standard InChI is InChI=1S/C27H35N4O4/c1-27(2,3)24(32)18-30-13-14-31(26(30)20-9-11-21(33-6)12-10-20)28-17-19-15-22(34-7)25(29(4)5)23(16-19)35-8/h9-17H,18H2,1-8H3/q+1. The van der Waals surface area contributed by atoms with E-state index in [1.54, 1.807) is 32.2 Å². The molecule has 0 N–H and O–H groups in total. The summed E-state index contributed by atoms with van der Waals surface area (Å²) in [7, 11) is 8.77. The third kappa shape index (κ3) is 5.82. The molecule has 1 heterocycles. The second kappa shape index (κ2) is 10.6. The molecule has 0 fully saturated rings. The summed E-state index contributed by atoms with van der Waals surface area (Å²) in [4.78, 5) is 14.8. The summed E-state index contributed by atoms with van der Waals surface area (Å²) >= 11 is 0. The minimum atomic E-state index is -0.448. The van der Waals surface area contributed by atoms with Gasteiger partial charge in [-0.25, -0.2) is 4.57 Å². The Kier molecular flexibility index (Phi) is 7.84. The Labute approximate surface area is 207 Å². The molecule has 8 heteroatoms. The van der Waals surface area contributed by atoms with Crippen LogP contribution in [0.15, 0.2) is 53.9 Å². The van der Waals surface area contributed by atoms with Crippen LogP contribution >= 0.6 is 0 Å². The van der Waals surface area contributed by atoms with E-state index in [1.165, 1.54) is 0 Å². The lowest BCUT2D eigenvalue weighted by molar-refractivity contribution is -0.673. The van der Waals surface area contributed by atoms with Gasteiger partial charge in [0.25, 0.3) is 0 Å². The zero-order valence-electron chi connectivity index (χ0n) is 21.8. The van der Waals surface area contributed by atoms with E-state index in [4.69, 9.17) is 19.3 Å². The van der Waals surface area contributed by atoms with E-state index in [-0.39, 0.29) is 12.3 Å². The molecule has 0 aliphatic rings. The van der Waals surface area contributed by atoms with Crippen molar-refractivity contribution < 1.29 is 23.6 Å². The Balaban J connectivity index is 2.07. The quantitative estimate of drug-likeness (QED) is 0.342. The van der Waals surface area contributed by atoms with Crippen molar-refractivity contribution in [1.82, 2.24) is 4.68 Å². The average molecular weight is 480 g/mol. The summed E-state index contributed by atoms with van der Waals surface area (Å²) in [5, 5.41) is 4.71. The van der Waals surface area contributed by atoms with Crippen LogP contribution in [0.5, 0.6) is 17.2 Å². The highest BCUT2D eigenvalue weighted by atomic mass is 16.5. The highest BCUT2D eigenvalue weighted by Gasteiger charge is 2.27. The second-order valence-corrected chi connectivity index (χ2v) is 9.41. The third-order valence-electron chi connectivity index (χ3n) is 5.66. The van der Waals surface area contributed by atoms with Gasteiger partial charge in [0.1, 0.15) is 35.7 Å². The summed E-state index contributed by atoms with van der Waals surface area (Å²) in [6, 6.07) is 11.5. The van der Waals surface area contributed by atoms with Gasteiger partial charge < -0.3 is 19.1 Å². The first-order valence-electron chi connectivity index (χ1n) is 11.3. The maximum absolute atomic E-state index is 12.8. The van der Waals surface area contributed by atoms with Crippen LogP contribution in [0, 0.1) is 5.41 Å². The van der Waals surface area contributed by atoms with Crippen molar-refractivity contribution in [1.29, 1.82) is 0 Å². The van der Waals surface area contributed by atoms with Gasteiger partial charge in [-0.1, -0.05) is 25.9 Å². The molecule has 0 bridgehead atoms. The number of aromatic nitrogens is 2. The van der Waals surface area contributed by atoms with E-state index < -0.39 is 5.41 Å². The topological polar surface area (TPSA) is 69.2 Å². The predicted molar refractivity (Wildman–Crippen MR) is 138 cm³/mol. The van der Waals surface area contributed by atoms with Crippen molar-refractivity contribution in [3.05, 3.63) is 54.4 Å². The fourth-order valence-corrected chi connectivity index (χ4v) is 3.63. The van der Waals surface area contributed by atoms with Gasteiger partial charge in [0.15, 0.2) is 12.0 Å². The molecule has 1 aromatic heterocycles. The number of hydrogen-bond acceptors (Lipinski definition) is 6. The SMILES string of the molecule is COc1ccc(-c2n(N=Cc3cc(OC)c(N(C)C)c(OC)c3)cc[n+]2CC(=O)C(C)(C)C)cc1. The molecule has 8 nitrogen and oxygen atoms in total. The summed E-state index contributed by atoms with van der Waals surface area (Å²) in [6.45, 7) is 6.02. The highest BCUT2D eigenvalue weighted by Crippen LogP contribution is 2.37. The Bertz CT molecular complexity index is 1180. The van der Waals surface area contributed by atoms with E-state index in [0.717, 1.165) is 28.4 Å². The van der Waals surface area contributed by atoms with Crippen molar-refractivity contribution in [3.8, 4) is 28.6 Å². The van der Waals surface area contributed by atoms with Crippen molar-refractivity contribution in [3.63, 3.8) is 0 Å². The van der Waals surface area contributed by atoms with Crippen LogP contribution in [-0.4, -0.2) is 52.1 Å². The number of carbonyl (C=O) groups excluding carboxylic acids is 1. The van der Waals surface area contributed by atoms with Gasteiger partial charge >= 0.3 is 5.82 Å². The summed E-state index contributed by atoms with van der Waals surface area (Å²) in [5.41, 5.74) is 2.13. The second-order valence-electron chi connectivity index (χ2n) is 9.41. The highest BCUT2D eigenvalue weighted by molar-refractivity contribution is 5.85. The van der Waals surface area contributed by atoms with Crippen LogP contribution in [0.4, 0.5) is 5.69 Å². The number of anilines is 1. The molecule has 186 valence electrons. The molecule has 0 amide bonds. The number of imidazole rings is 1. The van der Waals surface area contributed by atoms with Gasteiger partial charge in [-0.15, -0.1) is 4.68 Å². The molecule has 0 radical (unpaired) electrons. The van der Waals surface area contributed by atoms with Crippen molar-refractivity contribution >= 4 is 17.7 Å². The first-order valence-corrected chi connectivity index (χ1v) is 11.3. The van der Waals surface area contributed by atoms with Gasteiger partial charge in [-0.3, -0.25) is 4.79 Å². The number of benzene rings is 2. The van der Waals surface area contributed by atoms with E-state index in [2.05, 4.69) is 0 Å². The fraction of sp³-hybridized carbons (Fsp3) is 0.370. The van der Waals surface area contributed by atoms with E-state index >= 15 is 0 Å². The first-order chi connectivity index (χ1) is 16.6. The van der Waals surface area contributed by atoms with E-state index in [9.17, 15) is 4.79 Å². The number of hydrogen-bond donors (Lipinski definition) is 0. The number of nitrogens with zero attached hydrogens (tertiary/aromatic N) is 4. The van der Waals surface area contributed by atoms with Crippen LogP contribution in [-0.2, 0) is 11.3 Å². The molecule has 0 spiro atoms. The molecule has 0 atom stereocenters. The molecule has 0 saturated carbocycles. The van der Waals surface area contributed by atoms with Gasteiger partial charge in [-0.05, 0) is 36.4 Å². The number of carbonyl (C=O) groups is 1. The molecular formula is C27H35N4O4+. The molecule has 2 aromatic carbocycles. The normalized spacial score (nSPS) is 11.5. The molecular weight excluding hydrogens is 444 g/mol. The van der Waals surface area contributed by atoms with Crippen molar-refractivity contribution in [2.45, 2.75) is 27.3 Å². The lowest BCUT2D eigenvalue weighted by Crippen LogP contribution is -2.42. The van der Waals surface area contributed by atoms with Gasteiger partial charge in [0.05, 0.1) is 33.1 Å². The van der Waals surface area contributed by atoms with Crippen molar-refractivity contribution in [2.24, 2.45) is 10.5 Å². The number of ketones is 1. The van der Waals surface area contributed by atoms with Crippen LogP contribution in [0.3, 0.4) is 0 Å². The molecule has 3 rings (SSSR count). The van der Waals surface area contributed by atoms with Gasteiger partial charge in [0, 0.05) is 25.1 Å². The smallest absolute Gasteiger partial charge is 0.314 e. The lowest BCUT2D eigenvalue weighted by Gasteiger charge is -2.20. The Hall–Kier alpha value is -3.81. The van der Waals surface area contributed by atoms with Crippen LogP contribution in [0.1, 0.15) is 26.3 Å². The molecule has 0 unspecified atom stereocenters. The number of rotatable bonds is 9. The summed E-state index contributed by atoms with van der Waals surface area (Å²) in [6.07, 6.45) is 5.46. The summed E-state index contributed by atoms with van der Waals surface area (Å²) < 4.78 is 20.2. The molecule has 0 saturated heterocycles. The van der Waals surface area contributed by atoms with Crippen LogP contribution < -0.4 is 23.7 Å². The maximum Gasteiger partial charge on any atom is 0.314 e. The van der Waals surface area contributed by atoms with Crippen LogP contribution in [0.2, 0.25) is 0 Å². The molecule has 3 aromatic rings. The minimum absolute atomic E-state index is 0.132. The molecule has 0 aliphatic carbocycles. The predicted octanol–water partition coefficient (Wildman–Crippen LogP) is 4.03. The maximum atomic E-state index is 12.8. The molecule has 35 heavy (non-hydrogen) atoms. The molecule has 0 aliphatic heterocycles. The van der Waals surface area contributed by atoms with E-state index in [1.807, 2.05) is 93.1 Å². The Morgan fingerprint density at radius 2 is 1.63 bits per heavy atom. The number of methoxy groups -OCH3 is 3. The van der Waals surface area contributed by atoms with E-state index in [0.29, 0.717) is 11.5 Å². The summed E-state index contributed by atoms with van der Waals surface area (Å²) in [5.74, 6) is 3.04. The lowest BCUT2D eigenvalue weighted by atomic mass is 9.91. The fourth-order valence-electron chi connectivity index (χ4n) is 3.63. The number of ether oxygens (including phenoxy) is 3. The zero-order chi connectivity index (χ0) is 25.8. The third-order valence-corrected chi connectivity index (χ3v) is 5.66. The first kappa shape index (κ1) is 25.8. The number of Topliss-reactive ketones (excluding diaryl/α,β-unsaturated/α-hetero) is 1. The van der Waals surface area contributed by atoms with Crippen molar-refractivity contribution in [2.75, 3.05) is 40.3 Å². The van der Waals surface area contributed by atoms with Crippen LogP contribution in [0.25, 0.3) is 11.4 Å². The Morgan fingerprint density at radius 1 is 1.03 bits per heavy atom. The minimum Gasteiger partial charge on any atom is -0.497 e. The van der Waals surface area contributed by atoms with Gasteiger partial charge in [-0.2, -0.15) is 0 Å².